The van der Waals surface area contributed by atoms with Crippen molar-refractivity contribution < 1.29 is 14.2 Å². The Balaban J connectivity index is 1.04. The molecule has 0 fully saturated rings. The molecule has 0 saturated carbocycles. The lowest BCUT2D eigenvalue weighted by atomic mass is 9.80. The molecule has 1 unspecified atom stereocenters. The van der Waals surface area contributed by atoms with Gasteiger partial charge in [-0.25, -0.2) is 0 Å². The summed E-state index contributed by atoms with van der Waals surface area (Å²) >= 11 is 0. The van der Waals surface area contributed by atoms with Crippen LogP contribution in [0.4, 0.5) is 0 Å². The summed E-state index contributed by atoms with van der Waals surface area (Å²) in [5, 5.41) is 0. The van der Waals surface area contributed by atoms with Crippen LogP contribution in [0.15, 0.2) is 170 Å². The Kier molecular flexibility index (Phi) is 11.3. The van der Waals surface area contributed by atoms with E-state index in [0.29, 0.717) is 26.4 Å². The molecule has 0 aliphatic rings. The van der Waals surface area contributed by atoms with E-state index >= 15 is 0 Å². The van der Waals surface area contributed by atoms with Crippen molar-refractivity contribution >= 4 is 0 Å². The maximum absolute atomic E-state index is 6.90. The van der Waals surface area contributed by atoms with Gasteiger partial charge in [0.1, 0.15) is 18.0 Å². The van der Waals surface area contributed by atoms with Gasteiger partial charge in [-0.2, -0.15) is 0 Å². The van der Waals surface area contributed by atoms with Crippen molar-refractivity contribution in [3.63, 3.8) is 0 Å². The normalized spacial score (nSPS) is 11.4. The summed E-state index contributed by atoms with van der Waals surface area (Å²) in [6, 6.07) is 62.0. The first-order valence-electron chi connectivity index (χ1n) is 16.5. The number of rotatable bonds is 16. The van der Waals surface area contributed by atoms with E-state index in [2.05, 4.69) is 127 Å². The molecule has 0 amide bonds. The largest absolute Gasteiger partial charge is 0.491 e. The summed E-state index contributed by atoms with van der Waals surface area (Å²) < 4.78 is 19.2. The molecule has 3 heteroatoms. The molecule has 235 valence electrons. The predicted molar refractivity (Wildman–Crippen MR) is 190 cm³/mol. The monoisotopic (exact) mass is 617 g/mol. The molecule has 1 atom stereocenters. The zero-order chi connectivity index (χ0) is 32.0. The number of hydrogen-bond donors (Lipinski definition) is 0. The third-order valence-electron chi connectivity index (χ3n) is 8.43. The highest BCUT2D eigenvalue weighted by Gasteiger charge is 2.37. The summed E-state index contributed by atoms with van der Waals surface area (Å²) in [7, 11) is 0. The molecular weight excluding hydrogens is 576 g/mol. The minimum atomic E-state index is -0.693. The molecule has 0 aliphatic carbocycles. The Bertz CT molecular complexity index is 1600. The smallest absolute Gasteiger partial charge is 0.143 e. The number of hydrogen-bond acceptors (Lipinski definition) is 3. The maximum Gasteiger partial charge on any atom is 0.143 e. The van der Waals surface area contributed by atoms with E-state index in [4.69, 9.17) is 14.2 Å². The van der Waals surface area contributed by atoms with Crippen LogP contribution < -0.4 is 4.74 Å². The van der Waals surface area contributed by atoms with Gasteiger partial charge in [-0.3, -0.25) is 0 Å². The Hall–Kier alpha value is -4.96. The maximum atomic E-state index is 6.90. The first kappa shape index (κ1) is 32.0. The van der Waals surface area contributed by atoms with Crippen LogP contribution in [-0.4, -0.2) is 26.4 Å². The quantitative estimate of drug-likeness (QED) is 0.0799. The molecular formula is C44H41O3. The molecule has 6 aromatic rings. The average molecular weight is 618 g/mol. The highest BCUT2D eigenvalue weighted by atomic mass is 16.5. The summed E-state index contributed by atoms with van der Waals surface area (Å²) in [4.78, 5) is 0. The van der Waals surface area contributed by atoms with Gasteiger partial charge in [0.2, 0.25) is 0 Å². The molecule has 0 saturated heterocycles. The van der Waals surface area contributed by atoms with E-state index in [1.807, 2.05) is 48.5 Å². The zero-order valence-electron chi connectivity index (χ0n) is 26.7. The molecule has 6 rings (SSSR count). The van der Waals surface area contributed by atoms with Crippen molar-refractivity contribution in [2.45, 2.75) is 24.4 Å². The van der Waals surface area contributed by atoms with E-state index in [1.165, 1.54) is 5.56 Å². The van der Waals surface area contributed by atoms with Gasteiger partial charge >= 0.3 is 0 Å². The van der Waals surface area contributed by atoms with Gasteiger partial charge in [-0.15, -0.1) is 0 Å². The lowest BCUT2D eigenvalue weighted by Gasteiger charge is -2.36. The first-order chi connectivity index (χ1) is 23.4. The molecule has 0 aromatic heterocycles. The fourth-order valence-corrected chi connectivity index (χ4v) is 6.22. The molecule has 3 nitrogen and oxygen atoms in total. The summed E-state index contributed by atoms with van der Waals surface area (Å²) in [5.41, 5.74) is 6.10. The molecule has 1 radical (unpaired) electrons. The van der Waals surface area contributed by atoms with Crippen LogP contribution in [-0.2, 0) is 15.1 Å². The lowest BCUT2D eigenvalue weighted by Crippen LogP contribution is -2.33. The Morgan fingerprint density at radius 1 is 0.489 bits per heavy atom. The van der Waals surface area contributed by atoms with Gasteiger partial charge in [-0.1, -0.05) is 164 Å². The topological polar surface area (TPSA) is 27.7 Å². The van der Waals surface area contributed by atoms with Crippen molar-refractivity contribution in [2.75, 3.05) is 26.4 Å². The third-order valence-corrected chi connectivity index (χ3v) is 8.43. The Morgan fingerprint density at radius 3 is 1.62 bits per heavy atom. The van der Waals surface area contributed by atoms with E-state index in [9.17, 15) is 0 Å². The van der Waals surface area contributed by atoms with E-state index in [-0.39, 0.29) is 5.92 Å². The van der Waals surface area contributed by atoms with E-state index in [1.54, 1.807) is 0 Å². The predicted octanol–water partition coefficient (Wildman–Crippen LogP) is 9.85. The average Bonchev–Trinajstić information content (AvgIpc) is 3.15. The second kappa shape index (κ2) is 16.6. The van der Waals surface area contributed by atoms with Crippen LogP contribution in [0.2, 0.25) is 0 Å². The number of ether oxygens (including phenoxy) is 3. The minimum absolute atomic E-state index is 0.0318. The molecule has 0 spiro atoms. The number of para-hydroxylation sites is 1. The van der Waals surface area contributed by atoms with Crippen LogP contribution in [0.1, 0.15) is 52.1 Å². The fourth-order valence-electron chi connectivity index (χ4n) is 6.22. The van der Waals surface area contributed by atoms with Crippen LogP contribution >= 0.6 is 0 Å². The summed E-state index contributed by atoms with van der Waals surface area (Å²) in [5.74, 6) is 0.902. The van der Waals surface area contributed by atoms with Gasteiger partial charge in [0.15, 0.2) is 0 Å². The second-order valence-corrected chi connectivity index (χ2v) is 11.5. The van der Waals surface area contributed by atoms with Crippen molar-refractivity contribution in [1.82, 2.24) is 0 Å². The third kappa shape index (κ3) is 7.89. The van der Waals surface area contributed by atoms with Crippen molar-refractivity contribution in [3.05, 3.63) is 209 Å². The summed E-state index contributed by atoms with van der Waals surface area (Å²) in [6.45, 7) is 2.25. The van der Waals surface area contributed by atoms with E-state index < -0.39 is 5.60 Å². The molecule has 0 bridgehead atoms. The second-order valence-electron chi connectivity index (χ2n) is 11.5. The highest BCUT2D eigenvalue weighted by molar-refractivity contribution is 5.49. The van der Waals surface area contributed by atoms with Gasteiger partial charge in [-0.05, 0) is 52.8 Å². The van der Waals surface area contributed by atoms with E-state index in [0.717, 1.165) is 46.4 Å². The SMILES string of the molecule is [c]1ccccc1C(c1ccccc1)c1ccccc1OCCOCCCCOC(c1ccccc1)(c1ccccc1)c1ccccc1. The van der Waals surface area contributed by atoms with Gasteiger partial charge in [0, 0.05) is 24.7 Å². The van der Waals surface area contributed by atoms with Crippen LogP contribution in [0, 0.1) is 6.07 Å². The van der Waals surface area contributed by atoms with Crippen LogP contribution in [0.25, 0.3) is 0 Å². The van der Waals surface area contributed by atoms with Crippen molar-refractivity contribution in [2.24, 2.45) is 0 Å². The van der Waals surface area contributed by atoms with Crippen molar-refractivity contribution in [3.8, 4) is 5.75 Å². The first-order valence-corrected chi connectivity index (χ1v) is 16.5. The number of benzene rings is 6. The minimum Gasteiger partial charge on any atom is -0.491 e. The van der Waals surface area contributed by atoms with Crippen LogP contribution in [0.3, 0.4) is 0 Å². The zero-order valence-corrected chi connectivity index (χ0v) is 26.7. The standard InChI is InChI=1S/C44H41O3/c1-6-20-36(21-7-1)43(37-22-8-2-9-23-37)41-30-16-17-31-42(41)46-35-34-45-32-18-19-33-47-44(38-24-10-3-11-25-38,39-26-12-4-13-27-39)40-28-14-5-15-29-40/h1-17,20-22,24-31,43H,18-19,32-35H2. The molecule has 0 aliphatic heterocycles. The Labute approximate surface area is 279 Å². The molecule has 0 N–H and O–H groups in total. The van der Waals surface area contributed by atoms with Crippen LogP contribution in [0.5, 0.6) is 5.75 Å². The fraction of sp³-hybridized carbons (Fsp3) is 0.182. The molecule has 47 heavy (non-hydrogen) atoms. The van der Waals surface area contributed by atoms with Gasteiger partial charge in [0.25, 0.3) is 0 Å². The lowest BCUT2D eigenvalue weighted by molar-refractivity contribution is 0.00678. The highest BCUT2D eigenvalue weighted by Crippen LogP contribution is 2.41. The molecule has 6 aromatic carbocycles. The number of unbranched alkanes of at least 4 members (excludes halogenated alkanes) is 1. The molecule has 0 heterocycles. The van der Waals surface area contributed by atoms with Gasteiger partial charge in [0.05, 0.1) is 6.61 Å². The van der Waals surface area contributed by atoms with Gasteiger partial charge < -0.3 is 14.2 Å². The Morgan fingerprint density at radius 2 is 1.02 bits per heavy atom. The summed E-state index contributed by atoms with van der Waals surface area (Å²) in [6.07, 6.45) is 1.77. The van der Waals surface area contributed by atoms with Crippen molar-refractivity contribution in [1.29, 1.82) is 0 Å².